The van der Waals surface area contributed by atoms with Crippen LogP contribution in [0.15, 0.2) is 72.8 Å². The maximum Gasteiger partial charge on any atom is 0.134 e. The van der Waals surface area contributed by atoms with E-state index in [0.29, 0.717) is 0 Å². The molecule has 0 bridgehead atoms. The van der Waals surface area contributed by atoms with Gasteiger partial charge in [-0.2, -0.15) is 5.10 Å². The molecule has 4 nitrogen and oxygen atoms in total. The van der Waals surface area contributed by atoms with E-state index in [-0.39, 0.29) is 0 Å². The van der Waals surface area contributed by atoms with Crippen LogP contribution in [0.1, 0.15) is 22.5 Å². The second-order valence-electron chi connectivity index (χ2n) is 7.24. The summed E-state index contributed by atoms with van der Waals surface area (Å²) in [5, 5.41) is 4.56. The Labute approximate surface area is 171 Å². The van der Waals surface area contributed by atoms with Crippen molar-refractivity contribution in [2.75, 3.05) is 0 Å². The van der Waals surface area contributed by atoms with Gasteiger partial charge >= 0.3 is 0 Å². The molecule has 0 saturated carbocycles. The highest BCUT2D eigenvalue weighted by Crippen LogP contribution is 2.34. The van der Waals surface area contributed by atoms with Gasteiger partial charge in [-0.25, -0.2) is 4.68 Å². The van der Waals surface area contributed by atoms with Gasteiger partial charge in [0.2, 0.25) is 0 Å². The first kappa shape index (κ1) is 18.8. The fraction of sp³-hybridized carbons (Fsp3) is 0.160. The molecule has 0 fully saturated rings. The molecule has 29 heavy (non-hydrogen) atoms. The summed E-state index contributed by atoms with van der Waals surface area (Å²) in [7, 11) is 0. The number of aromatic nitrogens is 2. The first-order valence-corrected chi connectivity index (χ1v) is 9.65. The van der Waals surface area contributed by atoms with Gasteiger partial charge in [0.15, 0.2) is 0 Å². The van der Waals surface area contributed by atoms with E-state index < -0.39 is 0 Å². The van der Waals surface area contributed by atoms with Crippen LogP contribution < -0.4 is 9.47 Å². The number of hydrogen-bond donors (Lipinski definition) is 0. The Hall–Kier alpha value is -3.53. The fourth-order valence-corrected chi connectivity index (χ4v) is 3.35. The van der Waals surface area contributed by atoms with Gasteiger partial charge < -0.3 is 9.47 Å². The molecular weight excluding hydrogens is 360 g/mol. The highest BCUT2D eigenvalue weighted by molar-refractivity contribution is 5.50. The Morgan fingerprint density at radius 1 is 0.655 bits per heavy atom. The minimum absolute atomic E-state index is 0.757. The van der Waals surface area contributed by atoms with Gasteiger partial charge in [0, 0.05) is 17.8 Å². The van der Waals surface area contributed by atoms with E-state index in [1.807, 2.05) is 93.0 Å². The maximum atomic E-state index is 6.23. The van der Waals surface area contributed by atoms with Crippen LogP contribution in [0.4, 0.5) is 0 Å². The van der Waals surface area contributed by atoms with Crippen molar-refractivity contribution in [1.82, 2.24) is 9.78 Å². The molecule has 0 spiro atoms. The van der Waals surface area contributed by atoms with E-state index in [0.717, 1.165) is 51.2 Å². The third kappa shape index (κ3) is 4.16. The van der Waals surface area contributed by atoms with Crippen molar-refractivity contribution in [2.45, 2.75) is 27.7 Å². The zero-order valence-electron chi connectivity index (χ0n) is 17.1. The molecule has 0 N–H and O–H groups in total. The lowest BCUT2D eigenvalue weighted by Gasteiger charge is -2.15. The second kappa shape index (κ2) is 7.84. The van der Waals surface area contributed by atoms with Crippen LogP contribution in [-0.4, -0.2) is 9.78 Å². The number of nitrogens with zero attached hydrogens (tertiary/aromatic N) is 2. The van der Waals surface area contributed by atoms with Gasteiger partial charge in [-0.3, -0.25) is 0 Å². The van der Waals surface area contributed by atoms with E-state index in [1.54, 1.807) is 0 Å². The number of para-hydroxylation sites is 1. The van der Waals surface area contributed by atoms with Crippen molar-refractivity contribution in [3.63, 3.8) is 0 Å². The van der Waals surface area contributed by atoms with Gasteiger partial charge in [-0.1, -0.05) is 24.3 Å². The topological polar surface area (TPSA) is 36.3 Å². The molecule has 4 heteroatoms. The lowest BCUT2D eigenvalue weighted by atomic mass is 10.1. The summed E-state index contributed by atoms with van der Waals surface area (Å²) in [5.74, 6) is 3.11. The van der Waals surface area contributed by atoms with Gasteiger partial charge in [-0.05, 0) is 75.2 Å². The molecule has 1 heterocycles. The van der Waals surface area contributed by atoms with Crippen molar-refractivity contribution >= 4 is 0 Å². The molecule has 0 radical (unpaired) electrons. The first-order valence-electron chi connectivity index (χ1n) is 9.65. The molecule has 0 unspecified atom stereocenters. The van der Waals surface area contributed by atoms with Gasteiger partial charge in [-0.15, -0.1) is 0 Å². The number of ether oxygens (including phenoxy) is 2. The SMILES string of the molecule is Cc1cc(C)n(-c2cccc(Oc3cc(Oc4ccccc4)c(C)cc3C)c2)n1. The molecule has 146 valence electrons. The van der Waals surface area contributed by atoms with Crippen molar-refractivity contribution in [1.29, 1.82) is 0 Å². The third-order valence-electron chi connectivity index (χ3n) is 4.74. The van der Waals surface area contributed by atoms with Crippen LogP contribution in [0.3, 0.4) is 0 Å². The predicted octanol–water partition coefficient (Wildman–Crippen LogP) is 6.69. The molecule has 0 aliphatic heterocycles. The van der Waals surface area contributed by atoms with E-state index in [9.17, 15) is 0 Å². The summed E-state index contributed by atoms with van der Waals surface area (Å²) in [6.07, 6.45) is 0. The van der Waals surface area contributed by atoms with Gasteiger partial charge in [0.05, 0.1) is 11.4 Å². The largest absolute Gasteiger partial charge is 0.457 e. The lowest BCUT2D eigenvalue weighted by molar-refractivity contribution is 0.455. The molecule has 0 aliphatic rings. The monoisotopic (exact) mass is 384 g/mol. The Balaban J connectivity index is 1.63. The molecule has 0 amide bonds. The van der Waals surface area contributed by atoms with Gasteiger partial charge in [0.1, 0.15) is 23.0 Å². The van der Waals surface area contributed by atoms with Crippen molar-refractivity contribution in [3.05, 3.63) is 95.3 Å². The molecular formula is C25H24N2O2. The molecule has 4 aromatic rings. The molecule has 3 aromatic carbocycles. The molecule has 0 atom stereocenters. The normalized spacial score (nSPS) is 10.8. The summed E-state index contributed by atoms with van der Waals surface area (Å²) in [6, 6.07) is 23.8. The van der Waals surface area contributed by atoms with Crippen LogP contribution in [-0.2, 0) is 0 Å². The molecule has 1 aromatic heterocycles. The minimum atomic E-state index is 0.757. The quantitative estimate of drug-likeness (QED) is 0.384. The maximum absolute atomic E-state index is 6.23. The highest BCUT2D eigenvalue weighted by Gasteiger charge is 2.10. The van der Waals surface area contributed by atoms with Crippen LogP contribution in [0.5, 0.6) is 23.0 Å². The minimum Gasteiger partial charge on any atom is -0.457 e. The number of aryl methyl sites for hydroxylation is 4. The summed E-state index contributed by atoms with van der Waals surface area (Å²) in [4.78, 5) is 0. The van der Waals surface area contributed by atoms with E-state index in [2.05, 4.69) is 17.2 Å². The molecule has 0 saturated heterocycles. The Bertz CT molecular complexity index is 1150. The number of hydrogen-bond acceptors (Lipinski definition) is 3. The lowest BCUT2D eigenvalue weighted by Crippen LogP contribution is -1.99. The highest BCUT2D eigenvalue weighted by atomic mass is 16.5. The molecule has 0 aliphatic carbocycles. The standard InChI is InChI=1S/C25H24N2O2/c1-17-13-18(2)25(16-24(17)28-22-10-6-5-7-11-22)29-23-12-8-9-21(15-23)27-20(4)14-19(3)26-27/h5-16H,1-4H3. The summed E-state index contributed by atoms with van der Waals surface area (Å²) in [5.41, 5.74) is 5.17. The Morgan fingerprint density at radius 2 is 1.31 bits per heavy atom. The van der Waals surface area contributed by atoms with Crippen molar-refractivity contribution in [2.24, 2.45) is 0 Å². The third-order valence-corrected chi connectivity index (χ3v) is 4.74. The summed E-state index contributed by atoms with van der Waals surface area (Å²) >= 11 is 0. The number of rotatable bonds is 5. The average Bonchev–Trinajstić information content (AvgIpc) is 3.05. The molecule has 4 rings (SSSR count). The van der Waals surface area contributed by atoms with Crippen LogP contribution in [0.2, 0.25) is 0 Å². The summed E-state index contributed by atoms with van der Waals surface area (Å²) in [6.45, 7) is 8.12. The fourth-order valence-electron chi connectivity index (χ4n) is 3.35. The Kier molecular flexibility index (Phi) is 5.09. The van der Waals surface area contributed by atoms with E-state index >= 15 is 0 Å². The van der Waals surface area contributed by atoms with Crippen LogP contribution in [0.25, 0.3) is 5.69 Å². The second-order valence-corrected chi connectivity index (χ2v) is 7.24. The Morgan fingerprint density at radius 3 is 1.97 bits per heavy atom. The van der Waals surface area contributed by atoms with Crippen LogP contribution in [0, 0.1) is 27.7 Å². The smallest absolute Gasteiger partial charge is 0.134 e. The zero-order valence-corrected chi connectivity index (χ0v) is 17.1. The number of benzene rings is 3. The summed E-state index contributed by atoms with van der Waals surface area (Å²) < 4.78 is 14.2. The average molecular weight is 384 g/mol. The van der Waals surface area contributed by atoms with Gasteiger partial charge in [0.25, 0.3) is 0 Å². The van der Waals surface area contributed by atoms with Crippen molar-refractivity contribution < 1.29 is 9.47 Å². The van der Waals surface area contributed by atoms with Crippen molar-refractivity contribution in [3.8, 4) is 28.7 Å². The predicted molar refractivity (Wildman–Crippen MR) is 116 cm³/mol. The van der Waals surface area contributed by atoms with E-state index in [1.165, 1.54) is 0 Å². The van der Waals surface area contributed by atoms with Crippen LogP contribution >= 0.6 is 0 Å². The van der Waals surface area contributed by atoms with E-state index in [4.69, 9.17) is 9.47 Å². The zero-order chi connectivity index (χ0) is 20.4. The first-order chi connectivity index (χ1) is 14.0.